The number of carbonyl (C=O) groups is 3. The number of hydrogen-bond donors (Lipinski definition) is 0. The van der Waals surface area contributed by atoms with Crippen LogP contribution in [-0.2, 0) is 14.3 Å². The number of benzene rings is 1. The molecule has 1 aromatic rings. The molecular weight excluding hydrogens is 414 g/mol. The van der Waals surface area contributed by atoms with Crippen molar-refractivity contribution in [3.8, 4) is 0 Å². The van der Waals surface area contributed by atoms with E-state index < -0.39 is 23.7 Å². The van der Waals surface area contributed by atoms with Crippen molar-refractivity contribution < 1.29 is 23.9 Å². The highest BCUT2D eigenvalue weighted by Crippen LogP contribution is 2.24. The van der Waals surface area contributed by atoms with Gasteiger partial charge in [-0.05, 0) is 70.7 Å². The Hall–Kier alpha value is -1.89. The van der Waals surface area contributed by atoms with Crippen LogP contribution in [0.15, 0.2) is 16.6 Å². The summed E-state index contributed by atoms with van der Waals surface area (Å²) in [5.74, 6) is -0.846. The minimum absolute atomic E-state index is 0.274. The number of ether oxygens (including phenoxy) is 2. The first-order chi connectivity index (χ1) is 12.5. The predicted molar refractivity (Wildman–Crippen MR) is 105 cm³/mol. The van der Waals surface area contributed by atoms with Gasteiger partial charge in [-0.2, -0.15) is 0 Å². The Morgan fingerprint density at radius 3 is 2.33 bits per heavy atom. The van der Waals surface area contributed by atoms with Gasteiger partial charge in [0.1, 0.15) is 11.6 Å². The number of likely N-dealkylation sites (tertiary alicyclic amines) is 1. The Labute approximate surface area is 168 Å². The summed E-state index contributed by atoms with van der Waals surface area (Å²) in [5.41, 5.74) is 1.74. The van der Waals surface area contributed by atoms with Gasteiger partial charge in [0.2, 0.25) is 0 Å². The summed E-state index contributed by atoms with van der Waals surface area (Å²) in [6.45, 7) is 9.21. The fraction of sp³-hybridized carbons (Fsp3) is 0.550. The third kappa shape index (κ3) is 5.54. The molecule has 1 aromatic carbocycles. The molecule has 1 amide bonds. The molecule has 2 rings (SSSR count). The monoisotopic (exact) mass is 439 g/mol. The minimum atomic E-state index is -0.707. The molecule has 0 radical (unpaired) electrons. The molecule has 1 fully saturated rings. The van der Waals surface area contributed by atoms with Crippen LogP contribution in [0.4, 0.5) is 4.79 Å². The molecule has 6 nitrogen and oxygen atoms in total. The van der Waals surface area contributed by atoms with Gasteiger partial charge in [-0.1, -0.05) is 15.9 Å². The molecule has 0 aromatic heterocycles. The molecule has 0 N–H and O–H groups in total. The molecule has 1 aliphatic heterocycles. The molecule has 0 spiro atoms. The first-order valence-corrected chi connectivity index (χ1v) is 9.75. The van der Waals surface area contributed by atoms with Crippen molar-refractivity contribution in [2.75, 3.05) is 13.2 Å². The number of rotatable bonds is 4. The minimum Gasteiger partial charge on any atom is -0.456 e. The van der Waals surface area contributed by atoms with Crippen molar-refractivity contribution in [3.63, 3.8) is 0 Å². The van der Waals surface area contributed by atoms with E-state index >= 15 is 0 Å². The van der Waals surface area contributed by atoms with Crippen molar-refractivity contribution in [2.45, 2.75) is 59.1 Å². The van der Waals surface area contributed by atoms with Crippen LogP contribution in [0.1, 0.15) is 55.1 Å². The first-order valence-electron chi connectivity index (χ1n) is 8.96. The van der Waals surface area contributed by atoms with Crippen molar-refractivity contribution >= 4 is 33.8 Å². The van der Waals surface area contributed by atoms with E-state index in [1.165, 1.54) is 4.90 Å². The number of nitrogens with zero attached hydrogens (tertiary/aromatic N) is 1. The second-order valence-corrected chi connectivity index (χ2v) is 8.58. The quantitative estimate of drug-likeness (QED) is 0.519. The number of esters is 1. The molecule has 1 heterocycles. The molecule has 0 aliphatic carbocycles. The van der Waals surface area contributed by atoms with Gasteiger partial charge in [0.05, 0.1) is 0 Å². The number of halogens is 1. The lowest BCUT2D eigenvalue weighted by Crippen LogP contribution is -2.44. The third-order valence-electron chi connectivity index (χ3n) is 4.26. The molecular formula is C20H26BrNO5. The van der Waals surface area contributed by atoms with Gasteiger partial charge in [0.15, 0.2) is 12.4 Å². The summed E-state index contributed by atoms with van der Waals surface area (Å²) in [4.78, 5) is 38.5. The highest BCUT2D eigenvalue weighted by molar-refractivity contribution is 9.10. The average molecular weight is 440 g/mol. The zero-order valence-electron chi connectivity index (χ0n) is 16.4. The summed E-state index contributed by atoms with van der Waals surface area (Å²) in [6.07, 6.45) is 0.660. The Morgan fingerprint density at radius 1 is 1.19 bits per heavy atom. The maximum Gasteiger partial charge on any atom is 0.411 e. The molecule has 1 atom stereocenters. The zero-order valence-corrected chi connectivity index (χ0v) is 18.0. The summed E-state index contributed by atoms with van der Waals surface area (Å²) in [7, 11) is 0. The number of hydrogen-bond acceptors (Lipinski definition) is 5. The molecule has 0 unspecified atom stereocenters. The van der Waals surface area contributed by atoms with Crippen LogP contribution >= 0.6 is 15.9 Å². The highest BCUT2D eigenvalue weighted by atomic mass is 79.9. The molecule has 7 heteroatoms. The topological polar surface area (TPSA) is 72.9 Å². The van der Waals surface area contributed by atoms with Crippen LogP contribution in [0.5, 0.6) is 0 Å². The van der Waals surface area contributed by atoms with Gasteiger partial charge < -0.3 is 9.47 Å². The number of ketones is 1. The van der Waals surface area contributed by atoms with E-state index in [1.807, 2.05) is 13.8 Å². The molecule has 1 saturated heterocycles. The van der Waals surface area contributed by atoms with Gasteiger partial charge in [0, 0.05) is 16.6 Å². The van der Waals surface area contributed by atoms with Crippen molar-refractivity contribution in [3.05, 3.63) is 33.3 Å². The SMILES string of the molecule is Cc1cc(C(=O)COC(=O)[C@@H]2CCCN2C(=O)OC(C)(C)C)cc(C)c1Br. The Kier molecular flexibility index (Phi) is 6.68. The van der Waals surface area contributed by atoms with Crippen molar-refractivity contribution in [2.24, 2.45) is 0 Å². The highest BCUT2D eigenvalue weighted by Gasteiger charge is 2.37. The zero-order chi connectivity index (χ0) is 20.4. The second-order valence-electron chi connectivity index (χ2n) is 7.79. The second kappa shape index (κ2) is 8.42. The Bertz CT molecular complexity index is 730. The van der Waals surface area contributed by atoms with Crippen LogP contribution in [0.2, 0.25) is 0 Å². The largest absolute Gasteiger partial charge is 0.456 e. The molecule has 27 heavy (non-hydrogen) atoms. The van der Waals surface area contributed by atoms with E-state index in [0.717, 1.165) is 15.6 Å². The predicted octanol–water partition coefficient (Wildman–Crippen LogP) is 4.19. The van der Waals surface area contributed by atoms with Crippen molar-refractivity contribution in [1.82, 2.24) is 4.90 Å². The van der Waals surface area contributed by atoms with Crippen LogP contribution in [-0.4, -0.2) is 47.5 Å². The van der Waals surface area contributed by atoms with Crippen molar-refractivity contribution in [1.29, 1.82) is 0 Å². The number of amides is 1. The summed E-state index contributed by atoms with van der Waals surface area (Å²) < 4.78 is 11.5. The van der Waals surface area contributed by atoms with E-state index in [0.29, 0.717) is 24.9 Å². The molecule has 0 bridgehead atoms. The number of Topliss-reactive ketones (excluding diaryl/α,β-unsaturated/α-hetero) is 1. The van der Waals surface area contributed by atoms with E-state index in [-0.39, 0.29) is 12.4 Å². The van der Waals surface area contributed by atoms with Crippen LogP contribution in [0, 0.1) is 13.8 Å². The summed E-state index contributed by atoms with van der Waals surface area (Å²) >= 11 is 3.46. The lowest BCUT2D eigenvalue weighted by Gasteiger charge is -2.27. The van der Waals surface area contributed by atoms with E-state index in [4.69, 9.17) is 9.47 Å². The van der Waals surface area contributed by atoms with Crippen LogP contribution in [0.25, 0.3) is 0 Å². The fourth-order valence-corrected chi connectivity index (χ4v) is 3.20. The summed E-state index contributed by atoms with van der Waals surface area (Å²) in [6, 6.07) is 2.81. The van der Waals surface area contributed by atoms with Crippen LogP contribution in [0.3, 0.4) is 0 Å². The lowest BCUT2D eigenvalue weighted by atomic mass is 10.0. The normalized spacial score (nSPS) is 17.0. The smallest absolute Gasteiger partial charge is 0.411 e. The fourth-order valence-electron chi connectivity index (χ4n) is 2.97. The van der Waals surface area contributed by atoms with E-state index in [2.05, 4.69) is 15.9 Å². The third-order valence-corrected chi connectivity index (χ3v) is 5.51. The average Bonchev–Trinajstić information content (AvgIpc) is 3.05. The number of carbonyl (C=O) groups excluding carboxylic acids is 3. The molecule has 1 aliphatic rings. The standard InChI is InChI=1S/C20H26BrNO5/c1-12-9-14(10-13(2)17(12)21)16(23)11-26-18(24)15-7-6-8-22(15)19(25)27-20(3,4)5/h9-10,15H,6-8,11H2,1-5H3/t15-/m0/s1. The van der Waals surface area contributed by atoms with E-state index in [9.17, 15) is 14.4 Å². The van der Waals surface area contributed by atoms with Gasteiger partial charge in [0.25, 0.3) is 0 Å². The molecule has 0 saturated carbocycles. The van der Waals surface area contributed by atoms with Gasteiger partial charge in [-0.15, -0.1) is 0 Å². The summed E-state index contributed by atoms with van der Waals surface area (Å²) in [5, 5.41) is 0. The Balaban J connectivity index is 1.98. The van der Waals surface area contributed by atoms with E-state index in [1.54, 1.807) is 32.9 Å². The number of aryl methyl sites for hydroxylation is 2. The maximum absolute atomic E-state index is 12.4. The van der Waals surface area contributed by atoms with Gasteiger partial charge >= 0.3 is 12.1 Å². The lowest BCUT2D eigenvalue weighted by molar-refractivity contribution is -0.147. The Morgan fingerprint density at radius 2 is 1.78 bits per heavy atom. The van der Waals surface area contributed by atoms with Crippen LogP contribution < -0.4 is 0 Å². The first kappa shape index (κ1) is 21.4. The maximum atomic E-state index is 12.4. The molecule has 148 valence electrons. The van der Waals surface area contributed by atoms with Gasteiger partial charge in [-0.25, -0.2) is 9.59 Å². The van der Waals surface area contributed by atoms with Gasteiger partial charge in [-0.3, -0.25) is 9.69 Å².